The van der Waals surface area contributed by atoms with Crippen LogP contribution in [-0.2, 0) is 0 Å². The first kappa shape index (κ1) is 6.88. The average Bonchev–Trinajstić information content (AvgIpc) is 1.65. The van der Waals surface area contributed by atoms with Gasteiger partial charge in [-0.05, 0) is 6.92 Å². The van der Waals surface area contributed by atoms with E-state index in [0.29, 0.717) is 6.54 Å². The Morgan fingerprint density at radius 1 is 1.71 bits per heavy atom. The molecule has 0 radical (unpaired) electrons. The quantitative estimate of drug-likeness (QED) is 0.405. The molecule has 0 aliphatic heterocycles. The van der Waals surface area contributed by atoms with Crippen LogP contribution >= 0.6 is 0 Å². The molecule has 0 aromatic rings. The standard InChI is InChI=1S/C4H12N2O/c1-3(7)4(6)2-5/h3-4,7H,2,5-6H2,1H3. The lowest BCUT2D eigenvalue weighted by molar-refractivity contribution is 0.166. The Balaban J connectivity index is 3.14. The van der Waals surface area contributed by atoms with Gasteiger partial charge in [-0.25, -0.2) is 0 Å². The Morgan fingerprint density at radius 2 is 2.14 bits per heavy atom. The SMILES string of the molecule is CC(O)C(N)CN. The first-order valence-electron chi connectivity index (χ1n) is 2.32. The highest BCUT2D eigenvalue weighted by atomic mass is 16.3. The molecule has 5 N–H and O–H groups in total. The van der Waals surface area contributed by atoms with Crippen LogP contribution in [0.4, 0.5) is 0 Å². The molecule has 7 heavy (non-hydrogen) atoms. The largest absolute Gasteiger partial charge is 0.392 e. The Hall–Kier alpha value is -0.120. The van der Waals surface area contributed by atoms with Crippen LogP contribution in [-0.4, -0.2) is 23.8 Å². The summed E-state index contributed by atoms with van der Waals surface area (Å²) in [6, 6.07) is -0.264. The van der Waals surface area contributed by atoms with Gasteiger partial charge in [-0.15, -0.1) is 0 Å². The number of aliphatic hydroxyl groups excluding tert-OH is 1. The minimum Gasteiger partial charge on any atom is -0.392 e. The highest BCUT2D eigenvalue weighted by Crippen LogP contribution is 1.81. The van der Waals surface area contributed by atoms with Crippen LogP contribution in [0.25, 0.3) is 0 Å². The highest BCUT2D eigenvalue weighted by Gasteiger charge is 2.03. The molecule has 0 aliphatic rings. The van der Waals surface area contributed by atoms with E-state index in [4.69, 9.17) is 16.6 Å². The van der Waals surface area contributed by atoms with Crippen molar-refractivity contribution in [3.8, 4) is 0 Å². The van der Waals surface area contributed by atoms with Crippen LogP contribution in [0.2, 0.25) is 0 Å². The van der Waals surface area contributed by atoms with E-state index < -0.39 is 6.10 Å². The molecule has 0 aromatic carbocycles. The van der Waals surface area contributed by atoms with E-state index in [-0.39, 0.29) is 6.04 Å². The fourth-order valence-electron chi connectivity index (χ4n) is 0.197. The van der Waals surface area contributed by atoms with Gasteiger partial charge in [-0.3, -0.25) is 0 Å². The third kappa shape index (κ3) is 2.56. The minimum absolute atomic E-state index is 0.264. The van der Waals surface area contributed by atoms with Crippen molar-refractivity contribution in [1.82, 2.24) is 0 Å². The normalized spacial score (nSPS) is 18.9. The van der Waals surface area contributed by atoms with Crippen LogP contribution in [0.3, 0.4) is 0 Å². The van der Waals surface area contributed by atoms with E-state index in [9.17, 15) is 0 Å². The monoisotopic (exact) mass is 104 g/mol. The molecule has 0 aliphatic carbocycles. The van der Waals surface area contributed by atoms with E-state index in [1.165, 1.54) is 0 Å². The van der Waals surface area contributed by atoms with Crippen LogP contribution in [0.1, 0.15) is 6.92 Å². The molecule has 0 spiro atoms. The molecule has 0 heterocycles. The van der Waals surface area contributed by atoms with Gasteiger partial charge in [0.1, 0.15) is 0 Å². The second kappa shape index (κ2) is 2.96. The van der Waals surface area contributed by atoms with Gasteiger partial charge >= 0.3 is 0 Å². The molecule has 0 bridgehead atoms. The third-order valence-corrected chi connectivity index (χ3v) is 0.892. The molecule has 44 valence electrons. The average molecular weight is 104 g/mol. The van der Waals surface area contributed by atoms with Crippen molar-refractivity contribution in [2.24, 2.45) is 11.5 Å². The van der Waals surface area contributed by atoms with Gasteiger partial charge in [0.05, 0.1) is 6.10 Å². The molecule has 0 saturated carbocycles. The molecule has 2 atom stereocenters. The number of aliphatic hydroxyl groups is 1. The minimum atomic E-state index is -0.481. The molecule has 0 rings (SSSR count). The van der Waals surface area contributed by atoms with E-state index in [1.807, 2.05) is 0 Å². The molecule has 0 aromatic heterocycles. The summed E-state index contributed by atoms with van der Waals surface area (Å²) in [5, 5.41) is 8.62. The van der Waals surface area contributed by atoms with Crippen molar-refractivity contribution < 1.29 is 5.11 Å². The Kier molecular flexibility index (Phi) is 2.91. The molecule has 0 amide bonds. The molecule has 2 unspecified atom stereocenters. The van der Waals surface area contributed by atoms with Crippen molar-refractivity contribution in [3.63, 3.8) is 0 Å². The maximum atomic E-state index is 8.62. The summed E-state index contributed by atoms with van der Waals surface area (Å²) in [7, 11) is 0. The van der Waals surface area contributed by atoms with Crippen molar-refractivity contribution in [2.75, 3.05) is 6.54 Å². The lowest BCUT2D eigenvalue weighted by Gasteiger charge is -2.09. The highest BCUT2D eigenvalue weighted by molar-refractivity contribution is 4.66. The second-order valence-electron chi connectivity index (χ2n) is 1.64. The zero-order valence-electron chi connectivity index (χ0n) is 4.46. The van der Waals surface area contributed by atoms with Gasteiger partial charge in [0.2, 0.25) is 0 Å². The summed E-state index contributed by atoms with van der Waals surface area (Å²) in [6.45, 7) is 1.97. The third-order valence-electron chi connectivity index (χ3n) is 0.892. The van der Waals surface area contributed by atoms with Crippen LogP contribution < -0.4 is 11.5 Å². The van der Waals surface area contributed by atoms with E-state index in [0.717, 1.165) is 0 Å². The molecule has 3 heteroatoms. The Labute approximate surface area is 43.3 Å². The smallest absolute Gasteiger partial charge is 0.0675 e. The summed E-state index contributed by atoms with van der Waals surface area (Å²) < 4.78 is 0. The van der Waals surface area contributed by atoms with E-state index in [1.54, 1.807) is 6.92 Å². The van der Waals surface area contributed by atoms with Gasteiger partial charge in [0.25, 0.3) is 0 Å². The summed E-state index contributed by atoms with van der Waals surface area (Å²) in [6.07, 6.45) is -0.481. The van der Waals surface area contributed by atoms with E-state index >= 15 is 0 Å². The maximum Gasteiger partial charge on any atom is 0.0675 e. The summed E-state index contributed by atoms with van der Waals surface area (Å²) in [5.74, 6) is 0. The van der Waals surface area contributed by atoms with Gasteiger partial charge in [0, 0.05) is 12.6 Å². The molecule has 0 fully saturated rings. The Morgan fingerprint density at radius 3 is 2.14 bits per heavy atom. The van der Waals surface area contributed by atoms with Crippen molar-refractivity contribution in [1.29, 1.82) is 0 Å². The van der Waals surface area contributed by atoms with Crippen molar-refractivity contribution >= 4 is 0 Å². The van der Waals surface area contributed by atoms with E-state index in [2.05, 4.69) is 0 Å². The zero-order chi connectivity index (χ0) is 5.86. The van der Waals surface area contributed by atoms with Gasteiger partial charge in [-0.1, -0.05) is 0 Å². The summed E-state index contributed by atoms with van der Waals surface area (Å²) >= 11 is 0. The lowest BCUT2D eigenvalue weighted by atomic mass is 10.2. The van der Waals surface area contributed by atoms with Crippen molar-refractivity contribution in [3.05, 3.63) is 0 Å². The predicted molar refractivity (Wildman–Crippen MR) is 28.7 cm³/mol. The van der Waals surface area contributed by atoms with Gasteiger partial charge in [0.15, 0.2) is 0 Å². The fourth-order valence-corrected chi connectivity index (χ4v) is 0.197. The molecule has 0 saturated heterocycles. The molecule has 3 nitrogen and oxygen atoms in total. The van der Waals surface area contributed by atoms with Crippen molar-refractivity contribution in [2.45, 2.75) is 19.1 Å². The maximum absolute atomic E-state index is 8.62. The zero-order valence-corrected chi connectivity index (χ0v) is 4.46. The summed E-state index contributed by atoms with van der Waals surface area (Å²) in [4.78, 5) is 0. The molecular formula is C4H12N2O. The van der Waals surface area contributed by atoms with Crippen LogP contribution in [0, 0.1) is 0 Å². The number of rotatable bonds is 2. The first-order chi connectivity index (χ1) is 3.18. The van der Waals surface area contributed by atoms with Crippen LogP contribution in [0.5, 0.6) is 0 Å². The summed E-state index contributed by atoms with van der Waals surface area (Å²) in [5.41, 5.74) is 10.3. The molecular weight excluding hydrogens is 92.1 g/mol. The topological polar surface area (TPSA) is 72.3 Å². The van der Waals surface area contributed by atoms with Gasteiger partial charge < -0.3 is 16.6 Å². The fraction of sp³-hybridized carbons (Fsp3) is 1.00. The predicted octanol–water partition coefficient (Wildman–Crippen LogP) is -1.35. The number of hydrogen-bond acceptors (Lipinski definition) is 3. The van der Waals surface area contributed by atoms with Gasteiger partial charge in [-0.2, -0.15) is 0 Å². The Bertz CT molecular complexity index is 47.0. The van der Waals surface area contributed by atoms with Crippen LogP contribution in [0.15, 0.2) is 0 Å². The lowest BCUT2D eigenvalue weighted by Crippen LogP contribution is -2.39. The number of hydrogen-bond donors (Lipinski definition) is 3. The number of nitrogens with two attached hydrogens (primary N) is 2. The first-order valence-corrected chi connectivity index (χ1v) is 2.32. The second-order valence-corrected chi connectivity index (χ2v) is 1.64.